The molecule has 2 aromatic carbocycles. The summed E-state index contributed by atoms with van der Waals surface area (Å²) in [5, 5.41) is 7.63. The molecule has 0 spiro atoms. The van der Waals surface area contributed by atoms with Crippen molar-refractivity contribution >= 4 is 40.5 Å². The number of carbonyl (C=O) groups is 1. The van der Waals surface area contributed by atoms with Gasteiger partial charge in [0.2, 0.25) is 5.91 Å². The van der Waals surface area contributed by atoms with Crippen LogP contribution >= 0.6 is 23.8 Å². The predicted octanol–water partition coefficient (Wildman–Crippen LogP) is 4.28. The standard InChI is InChI=1S/C23H26ClN3O3S/c1-14-5-10-18-17(13-14)20-19(21(28)25-16-8-6-15(24)7-9-16)23(2,30-18)27(22(31)26-20)11-4-12-29-3/h5-10,13,19-20H,4,11-12H2,1-3H3,(H,25,28)(H,26,31)/t19-,20+,23+/m1/s1. The van der Waals surface area contributed by atoms with Crippen molar-refractivity contribution in [2.75, 3.05) is 25.6 Å². The van der Waals surface area contributed by atoms with E-state index in [1.807, 2.05) is 30.9 Å². The van der Waals surface area contributed by atoms with Crippen molar-refractivity contribution in [1.82, 2.24) is 10.2 Å². The van der Waals surface area contributed by atoms with Gasteiger partial charge in [-0.15, -0.1) is 0 Å². The third kappa shape index (κ3) is 4.10. The Kier molecular flexibility index (Phi) is 6.10. The molecular weight excluding hydrogens is 434 g/mol. The number of rotatable bonds is 6. The number of thiocarbonyl (C=S) groups is 1. The van der Waals surface area contributed by atoms with Gasteiger partial charge in [0.05, 0.1) is 6.04 Å². The van der Waals surface area contributed by atoms with Crippen LogP contribution in [0.25, 0.3) is 0 Å². The van der Waals surface area contributed by atoms with Gasteiger partial charge in [0, 0.05) is 36.5 Å². The first-order chi connectivity index (χ1) is 14.8. The zero-order valence-electron chi connectivity index (χ0n) is 17.8. The first-order valence-electron chi connectivity index (χ1n) is 10.3. The number of ether oxygens (including phenoxy) is 2. The maximum Gasteiger partial charge on any atom is 0.236 e. The number of amides is 1. The Bertz CT molecular complexity index is 1000. The van der Waals surface area contributed by atoms with Crippen molar-refractivity contribution in [3.8, 4) is 5.75 Å². The van der Waals surface area contributed by atoms with Crippen molar-refractivity contribution < 1.29 is 14.3 Å². The fourth-order valence-corrected chi connectivity index (χ4v) is 4.94. The molecule has 0 unspecified atom stereocenters. The molecule has 1 amide bonds. The quantitative estimate of drug-likeness (QED) is 0.496. The lowest BCUT2D eigenvalue weighted by Crippen LogP contribution is -2.71. The maximum absolute atomic E-state index is 13.6. The summed E-state index contributed by atoms with van der Waals surface area (Å²) in [7, 11) is 1.67. The monoisotopic (exact) mass is 459 g/mol. The van der Waals surface area contributed by atoms with E-state index in [0.717, 1.165) is 23.3 Å². The van der Waals surface area contributed by atoms with Crippen LogP contribution in [0.3, 0.4) is 0 Å². The Balaban J connectivity index is 1.72. The number of hydrogen-bond donors (Lipinski definition) is 2. The Hall–Kier alpha value is -2.35. The summed E-state index contributed by atoms with van der Waals surface area (Å²) in [6.45, 7) is 5.16. The van der Waals surface area contributed by atoms with Crippen LogP contribution in [-0.4, -0.2) is 41.9 Å². The molecule has 1 fully saturated rings. The average Bonchev–Trinajstić information content (AvgIpc) is 2.72. The highest BCUT2D eigenvalue weighted by atomic mass is 35.5. The molecule has 2 N–H and O–H groups in total. The van der Waals surface area contributed by atoms with E-state index in [0.29, 0.717) is 29.0 Å². The van der Waals surface area contributed by atoms with E-state index in [2.05, 4.69) is 16.7 Å². The van der Waals surface area contributed by atoms with Crippen LogP contribution in [0.4, 0.5) is 5.69 Å². The van der Waals surface area contributed by atoms with Gasteiger partial charge in [-0.2, -0.15) is 0 Å². The first kappa shape index (κ1) is 21.9. The number of aryl methyl sites for hydroxylation is 1. The molecule has 31 heavy (non-hydrogen) atoms. The summed E-state index contributed by atoms with van der Waals surface area (Å²) in [6, 6.07) is 12.8. The smallest absolute Gasteiger partial charge is 0.236 e. The number of nitrogens with zero attached hydrogens (tertiary/aromatic N) is 1. The summed E-state index contributed by atoms with van der Waals surface area (Å²) in [6.07, 6.45) is 0.758. The number of nitrogens with one attached hydrogen (secondary N) is 2. The lowest BCUT2D eigenvalue weighted by molar-refractivity contribution is -0.149. The predicted molar refractivity (Wildman–Crippen MR) is 125 cm³/mol. The van der Waals surface area contributed by atoms with E-state index >= 15 is 0 Å². The summed E-state index contributed by atoms with van der Waals surface area (Å²) < 4.78 is 11.7. The Morgan fingerprint density at radius 2 is 2.06 bits per heavy atom. The molecule has 0 radical (unpaired) electrons. The van der Waals surface area contributed by atoms with Crippen molar-refractivity contribution in [1.29, 1.82) is 0 Å². The van der Waals surface area contributed by atoms with Gasteiger partial charge >= 0.3 is 0 Å². The molecule has 0 aliphatic carbocycles. The van der Waals surface area contributed by atoms with E-state index in [4.69, 9.17) is 33.3 Å². The lowest BCUT2D eigenvalue weighted by Gasteiger charge is -2.56. The van der Waals surface area contributed by atoms with Gasteiger partial charge in [0.15, 0.2) is 10.8 Å². The van der Waals surface area contributed by atoms with Gasteiger partial charge in [-0.3, -0.25) is 4.79 Å². The number of hydrogen-bond acceptors (Lipinski definition) is 4. The van der Waals surface area contributed by atoms with Crippen LogP contribution in [0.2, 0.25) is 5.02 Å². The van der Waals surface area contributed by atoms with E-state index < -0.39 is 11.6 Å². The third-order valence-corrected chi connectivity index (χ3v) is 6.50. The van der Waals surface area contributed by atoms with Crippen molar-refractivity contribution in [2.24, 2.45) is 5.92 Å². The van der Waals surface area contributed by atoms with Crippen LogP contribution in [0, 0.1) is 12.8 Å². The maximum atomic E-state index is 13.6. The van der Waals surface area contributed by atoms with Gasteiger partial charge in [0.25, 0.3) is 0 Å². The second-order valence-corrected chi connectivity index (χ2v) is 8.92. The topological polar surface area (TPSA) is 62.8 Å². The minimum absolute atomic E-state index is 0.145. The lowest BCUT2D eigenvalue weighted by atomic mass is 9.78. The molecule has 3 atom stereocenters. The number of fused-ring (bicyclic) bond motifs is 4. The molecule has 2 aromatic rings. The van der Waals surface area contributed by atoms with Gasteiger partial charge in [-0.25, -0.2) is 0 Å². The Morgan fingerprint density at radius 3 is 2.77 bits per heavy atom. The average molecular weight is 460 g/mol. The summed E-state index contributed by atoms with van der Waals surface area (Å²) in [5.41, 5.74) is 1.77. The Morgan fingerprint density at radius 1 is 1.32 bits per heavy atom. The zero-order chi connectivity index (χ0) is 22.2. The highest BCUT2D eigenvalue weighted by Crippen LogP contribution is 2.48. The number of halogens is 1. The Labute approximate surface area is 192 Å². The largest absolute Gasteiger partial charge is 0.467 e. The van der Waals surface area contributed by atoms with Crippen molar-refractivity contribution in [2.45, 2.75) is 32.0 Å². The number of methoxy groups -OCH3 is 1. The highest BCUT2D eigenvalue weighted by molar-refractivity contribution is 7.80. The number of carbonyl (C=O) groups excluding carboxylic acids is 1. The third-order valence-electron chi connectivity index (χ3n) is 5.91. The van der Waals surface area contributed by atoms with E-state index in [1.165, 1.54) is 0 Å². The van der Waals surface area contributed by atoms with Gasteiger partial charge in [0.1, 0.15) is 11.7 Å². The minimum Gasteiger partial charge on any atom is -0.467 e. The van der Waals surface area contributed by atoms with E-state index in [9.17, 15) is 4.79 Å². The normalized spacial score (nSPS) is 24.1. The molecule has 8 heteroatoms. The molecule has 2 aliphatic heterocycles. The van der Waals surface area contributed by atoms with Gasteiger partial charge in [-0.05, 0) is 62.8 Å². The zero-order valence-corrected chi connectivity index (χ0v) is 19.3. The first-order valence-corrected chi connectivity index (χ1v) is 11.0. The van der Waals surface area contributed by atoms with Crippen LogP contribution in [0.5, 0.6) is 5.75 Å². The number of benzene rings is 2. The van der Waals surface area contributed by atoms with Crippen LogP contribution in [0.15, 0.2) is 42.5 Å². The summed E-state index contributed by atoms with van der Waals surface area (Å²) in [5.74, 6) is 0.0841. The highest BCUT2D eigenvalue weighted by Gasteiger charge is 2.58. The minimum atomic E-state index is -0.945. The van der Waals surface area contributed by atoms with Crippen LogP contribution in [-0.2, 0) is 9.53 Å². The van der Waals surface area contributed by atoms with Crippen molar-refractivity contribution in [3.63, 3.8) is 0 Å². The molecule has 2 aliphatic rings. The molecule has 0 aromatic heterocycles. The van der Waals surface area contributed by atoms with Crippen LogP contribution in [0.1, 0.15) is 30.5 Å². The molecule has 1 saturated heterocycles. The number of anilines is 1. The SMILES string of the molecule is COCCCN1C(=S)N[C@H]2c3cc(C)ccc3O[C@@]1(C)[C@H]2C(=O)Nc1ccc(Cl)cc1. The second-order valence-electron chi connectivity index (χ2n) is 8.10. The molecular formula is C23H26ClN3O3S. The molecule has 2 heterocycles. The van der Waals surface area contributed by atoms with Crippen LogP contribution < -0.4 is 15.4 Å². The molecule has 4 rings (SSSR count). The van der Waals surface area contributed by atoms with E-state index in [-0.39, 0.29) is 11.9 Å². The second kappa shape index (κ2) is 8.65. The summed E-state index contributed by atoms with van der Waals surface area (Å²) >= 11 is 11.7. The van der Waals surface area contributed by atoms with Gasteiger partial charge < -0.3 is 25.0 Å². The van der Waals surface area contributed by atoms with E-state index in [1.54, 1.807) is 31.4 Å². The fourth-order valence-electron chi connectivity index (χ4n) is 4.41. The molecule has 2 bridgehead atoms. The molecule has 0 saturated carbocycles. The fraction of sp³-hybridized carbons (Fsp3) is 0.391. The molecule has 6 nitrogen and oxygen atoms in total. The van der Waals surface area contributed by atoms with Crippen molar-refractivity contribution in [3.05, 3.63) is 58.6 Å². The summed E-state index contributed by atoms with van der Waals surface area (Å²) in [4.78, 5) is 15.6. The van der Waals surface area contributed by atoms with Gasteiger partial charge in [-0.1, -0.05) is 29.3 Å². The molecule has 164 valence electrons.